The van der Waals surface area contributed by atoms with Gasteiger partial charge >= 0.3 is 0 Å². The molecule has 0 atom stereocenters. The Balaban J connectivity index is 2.35. The molecule has 0 aromatic carbocycles. The molecule has 1 heterocycles. The van der Waals surface area contributed by atoms with Gasteiger partial charge in [-0.1, -0.05) is 16.9 Å². The topological polar surface area (TPSA) is 84.6 Å². The molecular weight excluding hydrogens is 166 g/mol. The van der Waals surface area contributed by atoms with Crippen molar-refractivity contribution in [3.8, 4) is 0 Å². The normalized spacial score (nSPS) is 11.8. The summed E-state index contributed by atoms with van der Waals surface area (Å²) in [4.78, 5) is 3.83. The minimum Gasteiger partial charge on any atom is -0.440 e. The van der Waals surface area contributed by atoms with Crippen LogP contribution in [0.15, 0.2) is 27.3 Å². The van der Waals surface area contributed by atoms with Crippen LogP contribution in [0.2, 0.25) is 0 Å². The van der Waals surface area contributed by atoms with Crippen molar-refractivity contribution in [1.82, 2.24) is 4.98 Å². The number of hydrogen-bond donors (Lipinski definition) is 2. The maximum absolute atomic E-state index is 8.16. The molecule has 0 saturated heterocycles. The lowest BCUT2D eigenvalue weighted by atomic mass is 10.7. The molecule has 6 heteroatoms. The van der Waals surface area contributed by atoms with Gasteiger partial charge in [0, 0.05) is 0 Å². The van der Waals surface area contributed by atoms with Crippen molar-refractivity contribution in [3.05, 3.63) is 12.5 Å². The molecule has 1 aromatic rings. The van der Waals surface area contributed by atoms with Crippen molar-refractivity contribution in [3.63, 3.8) is 0 Å². The van der Waals surface area contributed by atoms with Gasteiger partial charge < -0.3 is 15.4 Å². The summed E-state index contributed by atoms with van der Waals surface area (Å²) in [5.74, 6) is 0.519. The lowest BCUT2D eigenvalue weighted by molar-refractivity contribution is 0.318. The number of amidine groups is 1. The summed E-state index contributed by atoms with van der Waals surface area (Å²) >= 11 is 1.27. The van der Waals surface area contributed by atoms with Gasteiger partial charge in [-0.2, -0.15) is 0 Å². The molecule has 0 unspecified atom stereocenters. The van der Waals surface area contributed by atoms with E-state index in [2.05, 4.69) is 10.1 Å². The second-order valence-electron chi connectivity index (χ2n) is 1.68. The third-order valence-electron chi connectivity index (χ3n) is 0.882. The Labute approximate surface area is 67.3 Å². The second-order valence-corrected chi connectivity index (χ2v) is 2.60. The summed E-state index contributed by atoms with van der Waals surface area (Å²) in [6.07, 6.45) is 3.00. The van der Waals surface area contributed by atoms with Crippen molar-refractivity contribution >= 4 is 17.6 Å². The number of oxime groups is 1. The average Bonchev–Trinajstić information content (AvgIpc) is 2.52. The van der Waals surface area contributed by atoms with Gasteiger partial charge in [-0.25, -0.2) is 4.98 Å². The van der Waals surface area contributed by atoms with Crippen LogP contribution >= 0.6 is 11.8 Å². The van der Waals surface area contributed by atoms with E-state index in [1.54, 1.807) is 0 Å². The predicted octanol–water partition coefficient (Wildman–Crippen LogP) is 0.513. The van der Waals surface area contributed by atoms with E-state index in [-0.39, 0.29) is 5.84 Å². The number of hydrogen-bond acceptors (Lipinski definition) is 5. The number of oxazole rings is 1. The first-order valence-electron chi connectivity index (χ1n) is 2.81. The molecule has 0 aliphatic rings. The Morgan fingerprint density at radius 3 is 3.27 bits per heavy atom. The van der Waals surface area contributed by atoms with E-state index in [1.807, 2.05) is 0 Å². The van der Waals surface area contributed by atoms with Crippen LogP contribution in [0.3, 0.4) is 0 Å². The van der Waals surface area contributed by atoms with Gasteiger partial charge in [0.25, 0.3) is 5.22 Å². The Bertz CT molecular complexity index is 234. The van der Waals surface area contributed by atoms with E-state index in [0.717, 1.165) is 0 Å². The monoisotopic (exact) mass is 173 g/mol. The van der Waals surface area contributed by atoms with Crippen LogP contribution in [-0.4, -0.2) is 21.8 Å². The Morgan fingerprint density at radius 1 is 1.91 bits per heavy atom. The molecule has 0 fully saturated rings. The zero-order valence-electron chi connectivity index (χ0n) is 5.60. The van der Waals surface area contributed by atoms with E-state index in [0.29, 0.717) is 11.0 Å². The molecule has 5 nitrogen and oxygen atoms in total. The molecule has 0 amide bonds. The molecular formula is C5H7N3O2S. The lowest BCUT2D eigenvalue weighted by Gasteiger charge is -1.92. The third kappa shape index (κ3) is 2.50. The number of nitrogens with two attached hydrogens (primary N) is 1. The Morgan fingerprint density at radius 2 is 2.73 bits per heavy atom. The van der Waals surface area contributed by atoms with Crippen LogP contribution in [0.4, 0.5) is 0 Å². The lowest BCUT2D eigenvalue weighted by Crippen LogP contribution is -2.14. The van der Waals surface area contributed by atoms with Crippen molar-refractivity contribution in [2.24, 2.45) is 10.9 Å². The first kappa shape index (κ1) is 7.93. The maximum atomic E-state index is 8.16. The number of thioether (sulfide) groups is 1. The minimum atomic E-state index is 0.146. The Hall–Kier alpha value is -1.17. The Kier molecular flexibility index (Phi) is 2.79. The summed E-state index contributed by atoms with van der Waals surface area (Å²) in [5.41, 5.74) is 5.20. The van der Waals surface area contributed by atoms with Crippen molar-refractivity contribution in [2.75, 3.05) is 5.75 Å². The molecule has 0 aliphatic carbocycles. The van der Waals surface area contributed by atoms with Gasteiger partial charge in [0.15, 0.2) is 0 Å². The number of nitrogens with zero attached hydrogens (tertiary/aromatic N) is 2. The zero-order valence-corrected chi connectivity index (χ0v) is 6.41. The summed E-state index contributed by atoms with van der Waals surface area (Å²) in [6, 6.07) is 0. The third-order valence-corrected chi connectivity index (χ3v) is 1.77. The van der Waals surface area contributed by atoms with E-state index in [9.17, 15) is 0 Å². The summed E-state index contributed by atoms with van der Waals surface area (Å²) < 4.78 is 4.89. The van der Waals surface area contributed by atoms with Crippen LogP contribution in [0, 0.1) is 0 Å². The first-order valence-corrected chi connectivity index (χ1v) is 3.80. The maximum Gasteiger partial charge on any atom is 0.255 e. The highest BCUT2D eigenvalue weighted by molar-refractivity contribution is 7.99. The van der Waals surface area contributed by atoms with Crippen molar-refractivity contribution in [1.29, 1.82) is 0 Å². The fourth-order valence-corrected chi connectivity index (χ4v) is 1.03. The average molecular weight is 173 g/mol. The van der Waals surface area contributed by atoms with E-state index >= 15 is 0 Å². The van der Waals surface area contributed by atoms with Gasteiger partial charge in [-0.15, -0.1) is 0 Å². The van der Waals surface area contributed by atoms with Gasteiger partial charge in [0.2, 0.25) is 0 Å². The highest BCUT2D eigenvalue weighted by atomic mass is 32.2. The number of rotatable bonds is 3. The molecule has 11 heavy (non-hydrogen) atoms. The number of aromatic nitrogens is 1. The standard InChI is InChI=1S/C5H7N3O2S/c6-4(8-9)3-11-5-7-1-2-10-5/h1-2,9H,3H2,(H2,6,8). The smallest absolute Gasteiger partial charge is 0.255 e. The van der Waals surface area contributed by atoms with E-state index < -0.39 is 0 Å². The van der Waals surface area contributed by atoms with Crippen LogP contribution < -0.4 is 5.73 Å². The fraction of sp³-hybridized carbons (Fsp3) is 0.200. The van der Waals surface area contributed by atoms with Crippen molar-refractivity contribution < 1.29 is 9.62 Å². The molecule has 1 aromatic heterocycles. The highest BCUT2D eigenvalue weighted by Gasteiger charge is 1.99. The zero-order chi connectivity index (χ0) is 8.10. The molecule has 0 bridgehead atoms. The molecule has 1 rings (SSSR count). The molecule has 0 radical (unpaired) electrons. The molecule has 60 valence electrons. The summed E-state index contributed by atoms with van der Waals surface area (Å²) in [6.45, 7) is 0. The summed E-state index contributed by atoms with van der Waals surface area (Å²) in [7, 11) is 0. The van der Waals surface area contributed by atoms with E-state index in [1.165, 1.54) is 24.2 Å². The minimum absolute atomic E-state index is 0.146. The molecule has 0 aliphatic heterocycles. The van der Waals surface area contributed by atoms with Crippen LogP contribution in [0.25, 0.3) is 0 Å². The van der Waals surface area contributed by atoms with Gasteiger partial charge in [0.1, 0.15) is 12.1 Å². The largest absolute Gasteiger partial charge is 0.440 e. The van der Waals surface area contributed by atoms with Crippen LogP contribution in [0.5, 0.6) is 0 Å². The van der Waals surface area contributed by atoms with Gasteiger partial charge in [-0.05, 0) is 0 Å². The SMILES string of the molecule is N/C(CSc1ncco1)=N/O. The fourth-order valence-electron chi connectivity index (χ4n) is 0.446. The quantitative estimate of drug-likeness (QED) is 0.229. The van der Waals surface area contributed by atoms with Crippen LogP contribution in [-0.2, 0) is 0 Å². The summed E-state index contributed by atoms with van der Waals surface area (Å²) in [5, 5.41) is 11.5. The molecule has 3 N–H and O–H groups in total. The molecule has 0 saturated carbocycles. The first-order chi connectivity index (χ1) is 5.33. The van der Waals surface area contributed by atoms with Crippen LogP contribution in [0.1, 0.15) is 0 Å². The van der Waals surface area contributed by atoms with Crippen molar-refractivity contribution in [2.45, 2.75) is 5.22 Å². The molecule has 0 spiro atoms. The predicted molar refractivity (Wildman–Crippen MR) is 40.6 cm³/mol. The highest BCUT2D eigenvalue weighted by Crippen LogP contribution is 2.13. The van der Waals surface area contributed by atoms with Gasteiger partial charge in [-0.3, -0.25) is 0 Å². The van der Waals surface area contributed by atoms with E-state index in [4.69, 9.17) is 15.4 Å². The van der Waals surface area contributed by atoms with Gasteiger partial charge in [0.05, 0.1) is 11.9 Å². The second kappa shape index (κ2) is 3.87.